The van der Waals surface area contributed by atoms with Gasteiger partial charge in [0, 0.05) is 12.7 Å². The molecular formula is C9H16Cl2N2O. The minimum absolute atomic E-state index is 0. The van der Waals surface area contributed by atoms with Crippen LogP contribution in [-0.2, 0) is 13.2 Å². The van der Waals surface area contributed by atoms with Crippen molar-refractivity contribution in [3.8, 4) is 0 Å². The molecule has 1 aromatic rings. The Hall–Kier alpha value is -0.350. The van der Waals surface area contributed by atoms with E-state index in [9.17, 15) is 0 Å². The normalized spacial score (nSPS) is 9.14. The standard InChI is InChI=1S/C9H14N2O.2ClH/c1-11(2)6-9-5-8(7-12)3-4-10-9;;/h3-5,12H,6-7H2,1-2H3;2*1H. The number of rotatable bonds is 3. The summed E-state index contributed by atoms with van der Waals surface area (Å²) in [7, 11) is 3.99. The zero-order chi connectivity index (χ0) is 8.97. The summed E-state index contributed by atoms with van der Waals surface area (Å²) >= 11 is 0. The Bertz CT molecular complexity index is 256. The van der Waals surface area contributed by atoms with E-state index in [1.807, 2.05) is 31.1 Å². The summed E-state index contributed by atoms with van der Waals surface area (Å²) in [5, 5.41) is 8.85. The summed E-state index contributed by atoms with van der Waals surface area (Å²) in [5.74, 6) is 0. The number of aliphatic hydroxyl groups is 1. The molecule has 0 atom stereocenters. The number of pyridine rings is 1. The van der Waals surface area contributed by atoms with Gasteiger partial charge in [0.05, 0.1) is 12.3 Å². The average molecular weight is 239 g/mol. The van der Waals surface area contributed by atoms with Crippen molar-refractivity contribution < 1.29 is 5.11 Å². The largest absolute Gasteiger partial charge is 0.392 e. The Morgan fingerprint density at radius 1 is 1.36 bits per heavy atom. The van der Waals surface area contributed by atoms with Gasteiger partial charge in [0.15, 0.2) is 0 Å². The predicted octanol–water partition coefficient (Wildman–Crippen LogP) is 1.48. The van der Waals surface area contributed by atoms with Crippen molar-refractivity contribution in [2.45, 2.75) is 13.2 Å². The lowest BCUT2D eigenvalue weighted by Gasteiger charge is -2.08. The highest BCUT2D eigenvalue weighted by molar-refractivity contribution is 5.85. The van der Waals surface area contributed by atoms with Gasteiger partial charge in [-0.2, -0.15) is 0 Å². The van der Waals surface area contributed by atoms with Crippen molar-refractivity contribution in [2.24, 2.45) is 0 Å². The molecule has 1 rings (SSSR count). The highest BCUT2D eigenvalue weighted by atomic mass is 35.5. The molecule has 0 radical (unpaired) electrons. The quantitative estimate of drug-likeness (QED) is 0.867. The molecule has 82 valence electrons. The van der Waals surface area contributed by atoms with Crippen LogP contribution in [0.2, 0.25) is 0 Å². The maximum atomic E-state index is 8.85. The van der Waals surface area contributed by atoms with Gasteiger partial charge in [-0.1, -0.05) is 0 Å². The molecule has 1 aromatic heterocycles. The van der Waals surface area contributed by atoms with E-state index in [1.165, 1.54) is 0 Å². The van der Waals surface area contributed by atoms with Gasteiger partial charge >= 0.3 is 0 Å². The van der Waals surface area contributed by atoms with Crippen LogP contribution >= 0.6 is 24.8 Å². The lowest BCUT2D eigenvalue weighted by atomic mass is 10.2. The SMILES string of the molecule is CN(C)Cc1cc(CO)ccn1.Cl.Cl. The monoisotopic (exact) mass is 238 g/mol. The van der Waals surface area contributed by atoms with E-state index >= 15 is 0 Å². The van der Waals surface area contributed by atoms with Gasteiger partial charge in [0.25, 0.3) is 0 Å². The van der Waals surface area contributed by atoms with E-state index in [4.69, 9.17) is 5.11 Å². The molecule has 1 N–H and O–H groups in total. The third kappa shape index (κ3) is 5.40. The molecule has 5 heteroatoms. The minimum Gasteiger partial charge on any atom is -0.392 e. The van der Waals surface area contributed by atoms with Crippen LogP contribution in [0.5, 0.6) is 0 Å². The van der Waals surface area contributed by atoms with Crippen LogP contribution in [0.25, 0.3) is 0 Å². The van der Waals surface area contributed by atoms with Crippen LogP contribution in [0.1, 0.15) is 11.3 Å². The predicted molar refractivity (Wildman–Crippen MR) is 62.0 cm³/mol. The topological polar surface area (TPSA) is 36.4 Å². The third-order valence-electron chi connectivity index (χ3n) is 1.54. The molecule has 0 unspecified atom stereocenters. The van der Waals surface area contributed by atoms with Crippen LogP contribution in [0.4, 0.5) is 0 Å². The van der Waals surface area contributed by atoms with Crippen LogP contribution in [-0.4, -0.2) is 29.1 Å². The molecule has 0 aliphatic carbocycles. The molecule has 0 spiro atoms. The number of halogens is 2. The Morgan fingerprint density at radius 3 is 2.50 bits per heavy atom. The van der Waals surface area contributed by atoms with E-state index in [-0.39, 0.29) is 31.4 Å². The summed E-state index contributed by atoms with van der Waals surface area (Å²) in [5.41, 5.74) is 1.91. The fourth-order valence-corrected chi connectivity index (χ4v) is 1.04. The average Bonchev–Trinajstić information content (AvgIpc) is 2.03. The maximum absolute atomic E-state index is 8.85. The van der Waals surface area contributed by atoms with Crippen molar-refractivity contribution in [1.29, 1.82) is 0 Å². The van der Waals surface area contributed by atoms with E-state index in [0.29, 0.717) is 0 Å². The molecule has 3 nitrogen and oxygen atoms in total. The van der Waals surface area contributed by atoms with Crippen LogP contribution < -0.4 is 0 Å². The number of aliphatic hydroxyl groups excluding tert-OH is 1. The number of hydrogen-bond donors (Lipinski definition) is 1. The lowest BCUT2D eigenvalue weighted by molar-refractivity contribution is 0.281. The Kier molecular flexibility index (Phi) is 9.20. The summed E-state index contributed by atoms with van der Waals surface area (Å²) in [6.07, 6.45) is 1.73. The first-order valence-electron chi connectivity index (χ1n) is 3.92. The first-order chi connectivity index (χ1) is 5.72. The molecule has 14 heavy (non-hydrogen) atoms. The molecule has 0 amide bonds. The second kappa shape index (κ2) is 8.00. The van der Waals surface area contributed by atoms with Gasteiger partial charge in [-0.25, -0.2) is 0 Å². The van der Waals surface area contributed by atoms with E-state index in [2.05, 4.69) is 4.98 Å². The molecule has 0 bridgehead atoms. The molecule has 0 aromatic carbocycles. The van der Waals surface area contributed by atoms with Gasteiger partial charge in [0.1, 0.15) is 0 Å². The molecule has 0 aliphatic heterocycles. The van der Waals surface area contributed by atoms with E-state index < -0.39 is 0 Å². The summed E-state index contributed by atoms with van der Waals surface area (Å²) in [6, 6.07) is 3.74. The molecule has 0 saturated heterocycles. The van der Waals surface area contributed by atoms with Crippen molar-refractivity contribution in [2.75, 3.05) is 14.1 Å². The van der Waals surface area contributed by atoms with Crippen LogP contribution in [0, 0.1) is 0 Å². The van der Waals surface area contributed by atoms with Gasteiger partial charge < -0.3 is 10.0 Å². The molecular weight excluding hydrogens is 223 g/mol. The van der Waals surface area contributed by atoms with Crippen LogP contribution in [0.15, 0.2) is 18.3 Å². The Labute approximate surface area is 97.0 Å². The lowest BCUT2D eigenvalue weighted by Crippen LogP contribution is -2.11. The molecule has 0 aliphatic rings. The number of aromatic nitrogens is 1. The smallest absolute Gasteiger partial charge is 0.0683 e. The highest BCUT2D eigenvalue weighted by Crippen LogP contribution is 2.02. The molecule has 0 fully saturated rings. The van der Waals surface area contributed by atoms with E-state index in [1.54, 1.807) is 6.20 Å². The van der Waals surface area contributed by atoms with Crippen molar-refractivity contribution in [1.82, 2.24) is 9.88 Å². The minimum atomic E-state index is 0. The second-order valence-corrected chi connectivity index (χ2v) is 3.05. The Balaban J connectivity index is 0. The zero-order valence-electron chi connectivity index (χ0n) is 8.30. The fraction of sp³-hybridized carbons (Fsp3) is 0.444. The van der Waals surface area contributed by atoms with E-state index in [0.717, 1.165) is 17.8 Å². The fourth-order valence-electron chi connectivity index (χ4n) is 1.04. The van der Waals surface area contributed by atoms with Crippen LogP contribution in [0.3, 0.4) is 0 Å². The number of nitrogens with zero attached hydrogens (tertiary/aromatic N) is 2. The summed E-state index contributed by atoms with van der Waals surface area (Å²) < 4.78 is 0. The van der Waals surface area contributed by atoms with Crippen molar-refractivity contribution in [3.05, 3.63) is 29.6 Å². The molecule has 1 heterocycles. The molecule has 0 saturated carbocycles. The zero-order valence-corrected chi connectivity index (χ0v) is 9.94. The first-order valence-corrected chi connectivity index (χ1v) is 3.92. The maximum Gasteiger partial charge on any atom is 0.0683 e. The van der Waals surface area contributed by atoms with Gasteiger partial charge in [-0.05, 0) is 31.8 Å². The number of hydrogen-bond acceptors (Lipinski definition) is 3. The summed E-state index contributed by atoms with van der Waals surface area (Å²) in [6.45, 7) is 0.900. The van der Waals surface area contributed by atoms with Gasteiger partial charge in [-0.3, -0.25) is 4.98 Å². The van der Waals surface area contributed by atoms with Crippen molar-refractivity contribution >= 4 is 24.8 Å². The summed E-state index contributed by atoms with van der Waals surface area (Å²) in [4.78, 5) is 6.22. The van der Waals surface area contributed by atoms with Gasteiger partial charge in [0.2, 0.25) is 0 Å². The third-order valence-corrected chi connectivity index (χ3v) is 1.54. The Morgan fingerprint density at radius 2 is 2.00 bits per heavy atom. The van der Waals surface area contributed by atoms with Crippen molar-refractivity contribution in [3.63, 3.8) is 0 Å². The van der Waals surface area contributed by atoms with Gasteiger partial charge in [-0.15, -0.1) is 24.8 Å². The highest BCUT2D eigenvalue weighted by Gasteiger charge is 1.97. The first kappa shape index (κ1) is 16.1. The second-order valence-electron chi connectivity index (χ2n) is 3.05.